The molecule has 0 fully saturated rings. The molecule has 124 valence electrons. The quantitative estimate of drug-likeness (QED) is 0.736. The van der Waals surface area contributed by atoms with Crippen LogP contribution in [-0.2, 0) is 11.3 Å². The van der Waals surface area contributed by atoms with Crippen LogP contribution in [0.25, 0.3) is 22.0 Å². The molecule has 0 saturated heterocycles. The number of alkyl halides is 3. The van der Waals surface area contributed by atoms with E-state index in [-0.39, 0.29) is 23.6 Å². The Labute approximate surface area is 135 Å². The van der Waals surface area contributed by atoms with Crippen LogP contribution in [0.15, 0.2) is 42.7 Å². The van der Waals surface area contributed by atoms with Crippen molar-refractivity contribution in [2.75, 3.05) is 12.4 Å². The molecule has 0 radical (unpaired) electrons. The van der Waals surface area contributed by atoms with Gasteiger partial charge in [0.2, 0.25) is 0 Å². The average molecular weight is 334 g/mol. The van der Waals surface area contributed by atoms with Crippen molar-refractivity contribution in [3.05, 3.63) is 48.5 Å². The molecule has 8 heteroatoms. The van der Waals surface area contributed by atoms with Gasteiger partial charge in [-0.2, -0.15) is 13.2 Å². The van der Waals surface area contributed by atoms with Gasteiger partial charge in [0, 0.05) is 24.9 Å². The minimum atomic E-state index is -4.59. The van der Waals surface area contributed by atoms with Crippen LogP contribution in [0.2, 0.25) is 0 Å². The molecule has 0 aliphatic rings. The number of fused-ring (bicyclic) bond motifs is 1. The summed E-state index contributed by atoms with van der Waals surface area (Å²) >= 11 is 0. The summed E-state index contributed by atoms with van der Waals surface area (Å²) in [4.78, 5) is 12.1. The first-order valence-corrected chi connectivity index (χ1v) is 7.01. The Hall–Kier alpha value is -2.74. The van der Waals surface area contributed by atoms with Gasteiger partial charge < -0.3 is 4.74 Å². The normalized spacial score (nSPS) is 11.7. The highest BCUT2D eigenvalue weighted by molar-refractivity contribution is 5.92. The highest BCUT2D eigenvalue weighted by Crippen LogP contribution is 2.29. The largest absolute Gasteiger partial charge is 0.483 e. The van der Waals surface area contributed by atoms with Gasteiger partial charge in [0.15, 0.2) is 5.82 Å². The molecule has 1 N–H and O–H groups in total. The van der Waals surface area contributed by atoms with E-state index >= 15 is 0 Å². The number of rotatable bonds is 4. The van der Waals surface area contributed by atoms with Crippen LogP contribution in [0.1, 0.15) is 5.82 Å². The van der Waals surface area contributed by atoms with Gasteiger partial charge in [0.25, 0.3) is 0 Å². The summed E-state index contributed by atoms with van der Waals surface area (Å²) in [5, 5.41) is 1.75. The molecule has 24 heavy (non-hydrogen) atoms. The van der Waals surface area contributed by atoms with E-state index in [2.05, 4.69) is 15.0 Å². The Kier molecular flexibility index (Phi) is 4.30. The Morgan fingerprint density at radius 1 is 1.04 bits per heavy atom. The first-order valence-electron chi connectivity index (χ1n) is 7.01. The van der Waals surface area contributed by atoms with Crippen LogP contribution >= 0.6 is 0 Å². The van der Waals surface area contributed by atoms with Gasteiger partial charge in [-0.3, -0.25) is 10.3 Å². The van der Waals surface area contributed by atoms with Crippen molar-refractivity contribution in [2.24, 2.45) is 0 Å². The van der Waals surface area contributed by atoms with Crippen molar-refractivity contribution in [1.29, 1.82) is 0 Å². The number of ether oxygens (including phenoxy) is 1. The molecule has 5 nitrogen and oxygen atoms in total. The molecular formula is C16H13F3N4O. The van der Waals surface area contributed by atoms with E-state index in [0.29, 0.717) is 5.52 Å². The minimum absolute atomic E-state index is 0.0158. The zero-order chi connectivity index (χ0) is 17.2. The number of benzene rings is 1. The highest BCUT2D eigenvalue weighted by atomic mass is 19.4. The molecule has 0 spiro atoms. The summed E-state index contributed by atoms with van der Waals surface area (Å²) in [5.74, 6) is -0.121. The third-order valence-electron chi connectivity index (χ3n) is 3.29. The van der Waals surface area contributed by atoms with Gasteiger partial charge in [0.05, 0.1) is 5.52 Å². The lowest BCUT2D eigenvalue weighted by Gasteiger charge is -2.13. The van der Waals surface area contributed by atoms with Gasteiger partial charge in [0.1, 0.15) is 12.4 Å². The second kappa shape index (κ2) is 6.40. The standard InChI is InChI=1S/C16H13F3N4O/c1-24-9-14-21-13-8-11(10-4-6-20-7-5-10)2-3-12(13)15(22-14)23-16(17,18)19/h2-8H,9H2,1H3,(H,21,22,23). The van der Waals surface area contributed by atoms with E-state index in [4.69, 9.17) is 4.74 Å². The molecule has 0 aliphatic heterocycles. The van der Waals surface area contributed by atoms with E-state index in [9.17, 15) is 13.2 Å². The molecule has 3 aromatic rings. The van der Waals surface area contributed by atoms with Gasteiger partial charge in [-0.1, -0.05) is 6.07 Å². The first kappa shape index (κ1) is 16.1. The molecule has 0 saturated carbocycles. The lowest BCUT2D eigenvalue weighted by atomic mass is 10.1. The van der Waals surface area contributed by atoms with Crippen molar-refractivity contribution >= 4 is 16.7 Å². The van der Waals surface area contributed by atoms with Gasteiger partial charge in [-0.05, 0) is 35.4 Å². The fraction of sp³-hybridized carbons (Fsp3) is 0.188. The van der Waals surface area contributed by atoms with Crippen LogP contribution in [0.5, 0.6) is 0 Å². The molecule has 1 aromatic carbocycles. The molecule has 2 heterocycles. The summed E-state index contributed by atoms with van der Waals surface area (Å²) in [6, 6.07) is 8.63. The molecule has 0 atom stereocenters. The maximum Gasteiger partial charge on any atom is 0.483 e. The van der Waals surface area contributed by atoms with E-state index in [1.54, 1.807) is 30.6 Å². The lowest BCUT2D eigenvalue weighted by Crippen LogP contribution is -2.22. The van der Waals surface area contributed by atoms with E-state index < -0.39 is 6.30 Å². The van der Waals surface area contributed by atoms with Crippen molar-refractivity contribution in [1.82, 2.24) is 15.0 Å². The minimum Gasteiger partial charge on any atom is -0.377 e. The Morgan fingerprint density at radius 2 is 1.79 bits per heavy atom. The lowest BCUT2D eigenvalue weighted by molar-refractivity contribution is -0.100. The summed E-state index contributed by atoms with van der Waals surface area (Å²) in [7, 11) is 1.43. The van der Waals surface area contributed by atoms with Crippen molar-refractivity contribution in [3.8, 4) is 11.1 Å². The number of nitrogens with zero attached hydrogens (tertiary/aromatic N) is 3. The van der Waals surface area contributed by atoms with Crippen LogP contribution in [0, 0.1) is 0 Å². The van der Waals surface area contributed by atoms with E-state index in [1.165, 1.54) is 12.4 Å². The molecule has 0 bridgehead atoms. The Morgan fingerprint density at radius 3 is 2.46 bits per heavy atom. The average Bonchev–Trinajstić information content (AvgIpc) is 2.54. The maximum absolute atomic E-state index is 12.7. The van der Waals surface area contributed by atoms with Crippen molar-refractivity contribution < 1.29 is 17.9 Å². The summed E-state index contributed by atoms with van der Waals surface area (Å²) in [6.07, 6.45) is -1.30. The predicted molar refractivity (Wildman–Crippen MR) is 83.2 cm³/mol. The molecule has 0 unspecified atom stereocenters. The Bertz CT molecular complexity index is 853. The number of halogens is 3. The van der Waals surface area contributed by atoms with Crippen LogP contribution < -0.4 is 5.32 Å². The number of aromatic nitrogens is 3. The topological polar surface area (TPSA) is 59.9 Å². The van der Waals surface area contributed by atoms with Gasteiger partial charge in [-0.25, -0.2) is 9.97 Å². The zero-order valence-corrected chi connectivity index (χ0v) is 12.6. The van der Waals surface area contributed by atoms with E-state index in [0.717, 1.165) is 11.1 Å². The maximum atomic E-state index is 12.7. The number of methoxy groups -OCH3 is 1. The van der Waals surface area contributed by atoms with Crippen LogP contribution in [-0.4, -0.2) is 28.4 Å². The van der Waals surface area contributed by atoms with Gasteiger partial charge in [-0.15, -0.1) is 0 Å². The SMILES string of the molecule is COCc1nc(NC(F)(F)F)c2ccc(-c3ccncc3)cc2n1. The zero-order valence-electron chi connectivity index (χ0n) is 12.6. The second-order valence-electron chi connectivity index (χ2n) is 5.01. The number of hydrogen-bond donors (Lipinski definition) is 1. The molecule has 0 amide bonds. The Balaban J connectivity index is 2.14. The molecule has 0 aliphatic carbocycles. The highest BCUT2D eigenvalue weighted by Gasteiger charge is 2.29. The molecular weight excluding hydrogens is 321 g/mol. The monoisotopic (exact) mass is 334 g/mol. The van der Waals surface area contributed by atoms with Gasteiger partial charge >= 0.3 is 6.30 Å². The number of pyridine rings is 1. The smallest absolute Gasteiger partial charge is 0.377 e. The third-order valence-corrected chi connectivity index (χ3v) is 3.29. The summed E-state index contributed by atoms with van der Waals surface area (Å²) in [6.45, 7) is 0.0158. The van der Waals surface area contributed by atoms with E-state index in [1.807, 2.05) is 12.1 Å². The van der Waals surface area contributed by atoms with Crippen molar-refractivity contribution in [3.63, 3.8) is 0 Å². The van der Waals surface area contributed by atoms with Crippen LogP contribution in [0.3, 0.4) is 0 Å². The predicted octanol–water partition coefficient (Wildman–Crippen LogP) is 3.77. The van der Waals surface area contributed by atoms with Crippen molar-refractivity contribution in [2.45, 2.75) is 12.9 Å². The number of nitrogens with one attached hydrogen (secondary N) is 1. The number of anilines is 1. The number of hydrogen-bond acceptors (Lipinski definition) is 5. The molecule has 2 aromatic heterocycles. The summed E-state index contributed by atoms with van der Waals surface area (Å²) in [5.41, 5.74) is 2.12. The fourth-order valence-corrected chi connectivity index (χ4v) is 2.32. The second-order valence-corrected chi connectivity index (χ2v) is 5.01. The first-order chi connectivity index (χ1) is 11.5. The van der Waals surface area contributed by atoms with Crippen LogP contribution in [0.4, 0.5) is 19.0 Å². The third kappa shape index (κ3) is 3.60. The fourth-order valence-electron chi connectivity index (χ4n) is 2.32. The summed E-state index contributed by atoms with van der Waals surface area (Å²) < 4.78 is 43.1. The molecule has 3 rings (SSSR count).